The molecule has 0 aliphatic heterocycles. The molecular formula is C11H20O6S. The molecule has 0 heterocycles. The van der Waals surface area contributed by atoms with Gasteiger partial charge in [0, 0.05) is 5.75 Å². The molecule has 0 fully saturated rings. The quantitative estimate of drug-likeness (QED) is 0.523. The highest BCUT2D eigenvalue weighted by molar-refractivity contribution is 7.91. The minimum atomic E-state index is -3.32. The first-order chi connectivity index (χ1) is 8.19. The summed E-state index contributed by atoms with van der Waals surface area (Å²) in [5.74, 6) is -2.61. The Morgan fingerprint density at radius 1 is 1.22 bits per heavy atom. The Morgan fingerprint density at radius 3 is 2.17 bits per heavy atom. The number of ether oxygens (including phenoxy) is 1. The molecule has 0 aliphatic rings. The van der Waals surface area contributed by atoms with Crippen LogP contribution in [0.25, 0.3) is 0 Å². The average Bonchev–Trinajstić information content (AvgIpc) is 2.26. The number of carbonyl (C=O) groups excluding carboxylic acids is 1. The molecule has 106 valence electrons. The molecule has 0 radical (unpaired) electrons. The van der Waals surface area contributed by atoms with Crippen molar-refractivity contribution in [1.29, 1.82) is 0 Å². The maximum absolute atomic E-state index is 11.6. The molecule has 0 aromatic rings. The van der Waals surface area contributed by atoms with Crippen molar-refractivity contribution in [2.45, 2.75) is 33.6 Å². The van der Waals surface area contributed by atoms with Crippen LogP contribution in [0.5, 0.6) is 0 Å². The van der Waals surface area contributed by atoms with Crippen LogP contribution in [-0.2, 0) is 24.2 Å². The van der Waals surface area contributed by atoms with Gasteiger partial charge in [-0.05, 0) is 26.7 Å². The third-order valence-electron chi connectivity index (χ3n) is 2.63. The van der Waals surface area contributed by atoms with E-state index >= 15 is 0 Å². The lowest BCUT2D eigenvalue weighted by Gasteiger charge is -2.22. The molecule has 0 spiro atoms. The Hall–Kier alpha value is -1.11. The maximum Gasteiger partial charge on any atom is 0.323 e. The van der Waals surface area contributed by atoms with Gasteiger partial charge >= 0.3 is 11.9 Å². The second-order valence-corrected chi connectivity index (χ2v) is 6.56. The van der Waals surface area contributed by atoms with Crippen molar-refractivity contribution in [2.24, 2.45) is 5.41 Å². The lowest BCUT2D eigenvalue weighted by Crippen LogP contribution is -2.39. The zero-order valence-electron chi connectivity index (χ0n) is 10.9. The number of hydrogen-bond acceptors (Lipinski definition) is 5. The molecule has 0 aromatic heterocycles. The van der Waals surface area contributed by atoms with Crippen LogP contribution < -0.4 is 0 Å². The van der Waals surface area contributed by atoms with Crippen molar-refractivity contribution in [3.05, 3.63) is 0 Å². The topological polar surface area (TPSA) is 97.7 Å². The van der Waals surface area contributed by atoms with Crippen molar-refractivity contribution < 1.29 is 27.9 Å². The van der Waals surface area contributed by atoms with Gasteiger partial charge in [-0.3, -0.25) is 9.59 Å². The summed E-state index contributed by atoms with van der Waals surface area (Å²) in [7, 11) is -3.32. The SMILES string of the molecule is CCCS(=O)(=O)CCC(C)(C(=O)O)C(=O)OCC. The van der Waals surface area contributed by atoms with E-state index in [9.17, 15) is 18.0 Å². The molecule has 18 heavy (non-hydrogen) atoms. The summed E-state index contributed by atoms with van der Waals surface area (Å²) in [5, 5.41) is 9.06. The molecule has 1 unspecified atom stereocenters. The number of carboxylic acid groups (broad SMARTS) is 1. The van der Waals surface area contributed by atoms with Gasteiger partial charge < -0.3 is 9.84 Å². The summed E-state index contributed by atoms with van der Waals surface area (Å²) in [4.78, 5) is 22.7. The van der Waals surface area contributed by atoms with Gasteiger partial charge in [0.25, 0.3) is 0 Å². The smallest absolute Gasteiger partial charge is 0.323 e. The first-order valence-electron chi connectivity index (χ1n) is 5.80. The number of esters is 1. The molecule has 0 saturated heterocycles. The van der Waals surface area contributed by atoms with E-state index in [1.54, 1.807) is 13.8 Å². The summed E-state index contributed by atoms with van der Waals surface area (Å²) >= 11 is 0. The van der Waals surface area contributed by atoms with Gasteiger partial charge in [-0.2, -0.15) is 0 Å². The van der Waals surface area contributed by atoms with E-state index in [0.29, 0.717) is 6.42 Å². The van der Waals surface area contributed by atoms with Crippen LogP contribution in [0.2, 0.25) is 0 Å². The molecule has 0 aliphatic carbocycles. The molecule has 0 aromatic carbocycles. The van der Waals surface area contributed by atoms with E-state index in [4.69, 9.17) is 5.11 Å². The minimum Gasteiger partial charge on any atom is -0.480 e. The van der Waals surface area contributed by atoms with Gasteiger partial charge in [-0.1, -0.05) is 6.92 Å². The van der Waals surface area contributed by atoms with Gasteiger partial charge in [0.15, 0.2) is 5.41 Å². The fourth-order valence-electron chi connectivity index (χ4n) is 1.36. The first-order valence-corrected chi connectivity index (χ1v) is 7.62. The second-order valence-electron chi connectivity index (χ2n) is 4.26. The van der Waals surface area contributed by atoms with Crippen LogP contribution in [0.4, 0.5) is 0 Å². The zero-order valence-corrected chi connectivity index (χ0v) is 11.7. The van der Waals surface area contributed by atoms with Crippen LogP contribution >= 0.6 is 0 Å². The lowest BCUT2D eigenvalue weighted by atomic mass is 9.88. The van der Waals surface area contributed by atoms with E-state index in [1.807, 2.05) is 0 Å². The predicted molar refractivity (Wildman–Crippen MR) is 65.9 cm³/mol. The highest BCUT2D eigenvalue weighted by Crippen LogP contribution is 2.25. The number of rotatable bonds is 8. The number of hydrogen-bond donors (Lipinski definition) is 1. The molecule has 1 atom stereocenters. The fourth-order valence-corrected chi connectivity index (χ4v) is 2.90. The molecule has 0 amide bonds. The van der Waals surface area contributed by atoms with Crippen molar-refractivity contribution >= 4 is 21.8 Å². The van der Waals surface area contributed by atoms with E-state index in [0.717, 1.165) is 0 Å². The number of carbonyl (C=O) groups is 2. The Morgan fingerprint density at radius 2 is 1.78 bits per heavy atom. The number of sulfone groups is 1. The van der Waals surface area contributed by atoms with Crippen molar-refractivity contribution in [3.63, 3.8) is 0 Å². The summed E-state index contributed by atoms with van der Waals surface area (Å²) in [6, 6.07) is 0. The van der Waals surface area contributed by atoms with Crippen LogP contribution in [0.15, 0.2) is 0 Å². The molecule has 7 heteroatoms. The lowest BCUT2D eigenvalue weighted by molar-refractivity contribution is -0.167. The van der Waals surface area contributed by atoms with Crippen LogP contribution in [0.3, 0.4) is 0 Å². The maximum atomic E-state index is 11.6. The third kappa shape index (κ3) is 4.64. The fraction of sp³-hybridized carbons (Fsp3) is 0.818. The molecule has 1 N–H and O–H groups in total. The summed E-state index contributed by atoms with van der Waals surface area (Å²) < 4.78 is 27.7. The number of carboxylic acids is 1. The Labute approximate surface area is 107 Å². The Balaban J connectivity index is 4.85. The predicted octanol–water partition coefficient (Wildman–Crippen LogP) is 0.855. The Bertz CT molecular complexity index is 400. The third-order valence-corrected chi connectivity index (χ3v) is 4.48. The summed E-state index contributed by atoms with van der Waals surface area (Å²) in [6.07, 6.45) is 0.190. The van der Waals surface area contributed by atoms with E-state index in [1.165, 1.54) is 6.92 Å². The largest absolute Gasteiger partial charge is 0.480 e. The average molecular weight is 280 g/mol. The van der Waals surface area contributed by atoms with E-state index in [2.05, 4.69) is 4.74 Å². The molecule has 0 bridgehead atoms. The Kier molecular flexibility index (Phi) is 6.31. The molecule has 0 saturated carbocycles. The van der Waals surface area contributed by atoms with Gasteiger partial charge in [0.1, 0.15) is 9.84 Å². The summed E-state index contributed by atoms with van der Waals surface area (Å²) in [5.41, 5.74) is -1.81. The van der Waals surface area contributed by atoms with Gasteiger partial charge in [-0.25, -0.2) is 8.42 Å². The van der Waals surface area contributed by atoms with E-state index in [-0.39, 0.29) is 24.5 Å². The van der Waals surface area contributed by atoms with Crippen LogP contribution in [0, 0.1) is 5.41 Å². The summed E-state index contributed by atoms with van der Waals surface area (Å²) in [6.45, 7) is 4.53. The van der Waals surface area contributed by atoms with Crippen LogP contribution in [-0.4, -0.2) is 43.6 Å². The standard InChI is InChI=1S/C11H20O6S/c1-4-7-18(15,16)8-6-11(3,9(12)13)10(14)17-5-2/h4-8H2,1-3H3,(H,12,13). The second kappa shape index (κ2) is 6.72. The molecule has 0 rings (SSSR count). The van der Waals surface area contributed by atoms with Crippen LogP contribution in [0.1, 0.15) is 33.6 Å². The van der Waals surface area contributed by atoms with Crippen molar-refractivity contribution in [2.75, 3.05) is 18.1 Å². The molecular weight excluding hydrogens is 260 g/mol. The van der Waals surface area contributed by atoms with Gasteiger partial charge in [0.2, 0.25) is 0 Å². The van der Waals surface area contributed by atoms with E-state index < -0.39 is 27.2 Å². The van der Waals surface area contributed by atoms with Gasteiger partial charge in [0.05, 0.1) is 12.4 Å². The normalized spacial score (nSPS) is 14.8. The van der Waals surface area contributed by atoms with Gasteiger partial charge in [-0.15, -0.1) is 0 Å². The first kappa shape index (κ1) is 16.9. The zero-order chi connectivity index (χ0) is 14.4. The monoisotopic (exact) mass is 280 g/mol. The van der Waals surface area contributed by atoms with Crippen molar-refractivity contribution in [3.8, 4) is 0 Å². The molecule has 6 nitrogen and oxygen atoms in total. The minimum absolute atomic E-state index is 0.00841. The number of aliphatic carboxylic acids is 1. The van der Waals surface area contributed by atoms with Crippen molar-refractivity contribution in [1.82, 2.24) is 0 Å². The highest BCUT2D eigenvalue weighted by atomic mass is 32.2. The highest BCUT2D eigenvalue weighted by Gasteiger charge is 2.43.